The highest BCUT2D eigenvalue weighted by Crippen LogP contribution is 2.40. The Morgan fingerprint density at radius 1 is 1.14 bits per heavy atom. The lowest BCUT2D eigenvalue weighted by atomic mass is 10.1. The number of fused-ring (bicyclic) bond motifs is 1. The number of hydrogen-bond acceptors (Lipinski definition) is 5. The van der Waals surface area contributed by atoms with Gasteiger partial charge in [0.2, 0.25) is 0 Å². The number of hydrogen-bond donors (Lipinski definition) is 1. The lowest BCUT2D eigenvalue weighted by Crippen LogP contribution is -2.55. The van der Waals surface area contributed by atoms with Crippen molar-refractivity contribution in [2.24, 2.45) is 0 Å². The molecule has 5 nitrogen and oxygen atoms in total. The summed E-state index contributed by atoms with van der Waals surface area (Å²) in [4.78, 5) is 14.5. The minimum Gasteiger partial charge on any atom is -0.383 e. The lowest BCUT2D eigenvalue weighted by molar-refractivity contribution is 0.202. The Balaban J connectivity index is 1.68. The second-order valence-corrected chi connectivity index (χ2v) is 6.98. The summed E-state index contributed by atoms with van der Waals surface area (Å²) < 4.78 is 0. The summed E-state index contributed by atoms with van der Waals surface area (Å²) in [7, 11) is 0. The molecule has 4 rings (SSSR count). The molecular formula is C16H25N5. The molecule has 1 aromatic heterocycles. The Morgan fingerprint density at radius 2 is 1.95 bits per heavy atom. The van der Waals surface area contributed by atoms with Crippen molar-refractivity contribution in [2.75, 3.05) is 30.3 Å². The molecule has 0 spiro atoms. The van der Waals surface area contributed by atoms with E-state index < -0.39 is 0 Å². The van der Waals surface area contributed by atoms with Crippen LogP contribution in [0.5, 0.6) is 0 Å². The summed E-state index contributed by atoms with van der Waals surface area (Å²) in [6.07, 6.45) is 5.09. The predicted octanol–water partition coefficient (Wildman–Crippen LogP) is 1.92. The number of anilines is 2. The molecule has 3 heterocycles. The first-order valence-corrected chi connectivity index (χ1v) is 8.28. The number of aromatic nitrogens is 2. The van der Waals surface area contributed by atoms with Crippen molar-refractivity contribution in [1.82, 2.24) is 14.9 Å². The van der Waals surface area contributed by atoms with Gasteiger partial charge >= 0.3 is 0 Å². The molecular weight excluding hydrogens is 262 g/mol. The third kappa shape index (κ3) is 2.27. The summed E-state index contributed by atoms with van der Waals surface area (Å²) in [6.45, 7) is 7.87. The standard InChI is InChI=1S/C16H25N5/c1-10-8-20-7-3-4-13(20)9-21(10)16-11(2)14(17)18-15(19-16)12-5-6-12/h10,12-13H,3-9H2,1-2H3,(H2,17,18,19). The van der Waals surface area contributed by atoms with E-state index in [0.717, 1.165) is 30.3 Å². The monoisotopic (exact) mass is 287 g/mol. The van der Waals surface area contributed by atoms with Gasteiger partial charge in [0.05, 0.1) is 0 Å². The van der Waals surface area contributed by atoms with Gasteiger partial charge in [-0.3, -0.25) is 4.90 Å². The van der Waals surface area contributed by atoms with E-state index in [-0.39, 0.29) is 0 Å². The van der Waals surface area contributed by atoms with E-state index in [1.54, 1.807) is 0 Å². The Bertz CT molecular complexity index is 554. The van der Waals surface area contributed by atoms with Crippen LogP contribution in [0.4, 0.5) is 11.6 Å². The highest BCUT2D eigenvalue weighted by atomic mass is 15.3. The van der Waals surface area contributed by atoms with Gasteiger partial charge in [0.25, 0.3) is 0 Å². The molecule has 0 aromatic carbocycles. The molecule has 3 fully saturated rings. The molecule has 3 aliphatic rings. The van der Waals surface area contributed by atoms with Gasteiger partial charge in [-0.1, -0.05) is 0 Å². The Hall–Kier alpha value is -1.36. The molecule has 2 unspecified atom stereocenters. The highest BCUT2D eigenvalue weighted by Gasteiger charge is 2.36. The minimum absolute atomic E-state index is 0.499. The zero-order valence-corrected chi connectivity index (χ0v) is 13.0. The van der Waals surface area contributed by atoms with Gasteiger partial charge in [-0.2, -0.15) is 0 Å². The molecule has 21 heavy (non-hydrogen) atoms. The summed E-state index contributed by atoms with van der Waals surface area (Å²) in [6, 6.07) is 1.19. The van der Waals surface area contributed by atoms with Crippen LogP contribution in [0, 0.1) is 6.92 Å². The van der Waals surface area contributed by atoms with Crippen molar-refractivity contribution >= 4 is 11.6 Å². The molecule has 5 heteroatoms. The van der Waals surface area contributed by atoms with Crippen LogP contribution in [0.15, 0.2) is 0 Å². The maximum absolute atomic E-state index is 6.16. The van der Waals surface area contributed by atoms with Crippen molar-refractivity contribution in [2.45, 2.75) is 57.5 Å². The summed E-state index contributed by atoms with van der Waals surface area (Å²) in [5.41, 5.74) is 7.21. The molecule has 0 radical (unpaired) electrons. The maximum atomic E-state index is 6.16. The quantitative estimate of drug-likeness (QED) is 0.900. The van der Waals surface area contributed by atoms with Gasteiger partial charge in [-0.05, 0) is 46.1 Å². The van der Waals surface area contributed by atoms with E-state index in [1.165, 1.54) is 32.2 Å². The van der Waals surface area contributed by atoms with Crippen LogP contribution in [0.3, 0.4) is 0 Å². The van der Waals surface area contributed by atoms with Crippen LogP contribution < -0.4 is 10.6 Å². The van der Waals surface area contributed by atoms with Gasteiger partial charge in [-0.15, -0.1) is 0 Å². The molecule has 1 aromatic rings. The number of rotatable bonds is 2. The average Bonchev–Trinajstić information content (AvgIpc) is 3.21. The van der Waals surface area contributed by atoms with E-state index in [2.05, 4.69) is 28.6 Å². The van der Waals surface area contributed by atoms with E-state index in [1.807, 2.05) is 0 Å². The third-order valence-corrected chi connectivity index (χ3v) is 5.33. The molecule has 2 saturated heterocycles. The van der Waals surface area contributed by atoms with Gasteiger partial charge in [0.15, 0.2) is 0 Å². The van der Waals surface area contributed by atoms with E-state index in [0.29, 0.717) is 23.8 Å². The van der Waals surface area contributed by atoms with Crippen LogP contribution in [-0.4, -0.2) is 46.6 Å². The molecule has 1 aliphatic carbocycles. The molecule has 0 bridgehead atoms. The number of nitrogens with two attached hydrogens (primary N) is 1. The normalized spacial score (nSPS) is 29.7. The first kappa shape index (κ1) is 13.3. The molecule has 114 valence electrons. The molecule has 1 saturated carbocycles. The first-order chi connectivity index (χ1) is 10.1. The first-order valence-electron chi connectivity index (χ1n) is 8.28. The van der Waals surface area contributed by atoms with Crippen molar-refractivity contribution in [1.29, 1.82) is 0 Å². The lowest BCUT2D eigenvalue weighted by Gasteiger charge is -2.43. The summed E-state index contributed by atoms with van der Waals surface area (Å²) in [5.74, 6) is 3.27. The topological polar surface area (TPSA) is 58.3 Å². The second-order valence-electron chi connectivity index (χ2n) is 6.98. The number of nitrogen functional groups attached to an aromatic ring is 1. The smallest absolute Gasteiger partial charge is 0.137 e. The van der Waals surface area contributed by atoms with Crippen LogP contribution >= 0.6 is 0 Å². The van der Waals surface area contributed by atoms with Crippen LogP contribution in [0.25, 0.3) is 0 Å². The van der Waals surface area contributed by atoms with Crippen LogP contribution in [0.2, 0.25) is 0 Å². The van der Waals surface area contributed by atoms with Crippen molar-refractivity contribution in [3.8, 4) is 0 Å². The third-order valence-electron chi connectivity index (χ3n) is 5.33. The zero-order chi connectivity index (χ0) is 14.6. The van der Waals surface area contributed by atoms with Gasteiger partial charge in [-0.25, -0.2) is 9.97 Å². The van der Waals surface area contributed by atoms with Crippen LogP contribution in [0.1, 0.15) is 49.9 Å². The van der Waals surface area contributed by atoms with Crippen molar-refractivity contribution < 1.29 is 0 Å². The minimum atomic E-state index is 0.499. The van der Waals surface area contributed by atoms with E-state index in [9.17, 15) is 0 Å². The fraction of sp³-hybridized carbons (Fsp3) is 0.750. The van der Waals surface area contributed by atoms with E-state index in [4.69, 9.17) is 10.7 Å². The Morgan fingerprint density at radius 3 is 2.71 bits per heavy atom. The Kier molecular flexibility index (Phi) is 3.06. The van der Waals surface area contributed by atoms with Crippen molar-refractivity contribution in [3.05, 3.63) is 11.4 Å². The van der Waals surface area contributed by atoms with Gasteiger partial charge < -0.3 is 10.6 Å². The largest absolute Gasteiger partial charge is 0.383 e. The summed E-state index contributed by atoms with van der Waals surface area (Å²) >= 11 is 0. The molecule has 2 N–H and O–H groups in total. The fourth-order valence-corrected chi connectivity index (χ4v) is 3.83. The van der Waals surface area contributed by atoms with E-state index >= 15 is 0 Å². The second kappa shape index (κ2) is 4.83. The SMILES string of the molecule is Cc1c(N)nc(C2CC2)nc1N1CC2CCCN2CC1C. The summed E-state index contributed by atoms with van der Waals surface area (Å²) in [5, 5.41) is 0. The Labute approximate surface area is 126 Å². The van der Waals surface area contributed by atoms with Crippen LogP contribution in [-0.2, 0) is 0 Å². The highest BCUT2D eigenvalue weighted by molar-refractivity contribution is 5.58. The van der Waals surface area contributed by atoms with Gasteiger partial charge in [0, 0.05) is 36.7 Å². The number of nitrogens with zero attached hydrogens (tertiary/aromatic N) is 4. The van der Waals surface area contributed by atoms with Crippen molar-refractivity contribution in [3.63, 3.8) is 0 Å². The van der Waals surface area contributed by atoms with Gasteiger partial charge in [0.1, 0.15) is 17.5 Å². The maximum Gasteiger partial charge on any atom is 0.137 e. The molecule has 2 atom stereocenters. The average molecular weight is 287 g/mol. The fourth-order valence-electron chi connectivity index (χ4n) is 3.83. The predicted molar refractivity (Wildman–Crippen MR) is 84.6 cm³/mol. The number of piperazine rings is 1. The zero-order valence-electron chi connectivity index (χ0n) is 13.0. The molecule has 0 amide bonds. The molecule has 2 aliphatic heterocycles.